The van der Waals surface area contributed by atoms with E-state index in [9.17, 15) is 45.5 Å². The maximum Gasteiger partial charge on any atom is 0.389 e. The Morgan fingerprint density at radius 3 is 1.61 bits per heavy atom. The fourth-order valence-electron chi connectivity index (χ4n) is 7.52. The number of aryl methyl sites for hydroxylation is 2. The van der Waals surface area contributed by atoms with Crippen LogP contribution in [0.1, 0.15) is 93.6 Å². The quantitative estimate of drug-likeness (QED) is 0.0808. The van der Waals surface area contributed by atoms with Crippen LogP contribution in [0.4, 0.5) is 26.3 Å². The minimum absolute atomic E-state index is 0.311. The summed E-state index contributed by atoms with van der Waals surface area (Å²) in [5.41, 5.74) is 11.1. The number of fused-ring (bicyclic) bond motifs is 1. The molecule has 2 heterocycles. The number of carbonyl (C=O) groups excluding carboxylic acids is 4. The molecule has 0 radical (unpaired) electrons. The number of ketones is 2. The van der Waals surface area contributed by atoms with Crippen molar-refractivity contribution in [2.45, 2.75) is 76.9 Å². The van der Waals surface area contributed by atoms with Crippen molar-refractivity contribution in [3.63, 3.8) is 0 Å². The molecule has 69 heavy (non-hydrogen) atoms. The molecule has 0 fully saturated rings. The molecule has 2 aliphatic heterocycles. The lowest BCUT2D eigenvalue weighted by molar-refractivity contribution is -0.142. The Labute approximate surface area is 408 Å². The number of hydrogen-bond acceptors (Lipinski definition) is 8. The van der Waals surface area contributed by atoms with Crippen molar-refractivity contribution in [2.24, 2.45) is 0 Å². The van der Waals surface area contributed by atoms with Gasteiger partial charge in [0.05, 0.1) is 37.3 Å². The number of hydroxylamine groups is 2. The van der Waals surface area contributed by atoms with Gasteiger partial charge in [-0.1, -0.05) is 77.3 Å². The summed E-state index contributed by atoms with van der Waals surface area (Å²) in [6.07, 6.45) is -8.78. The fraction of sp³-hybridized carbons (Fsp3) is 0.280. The van der Waals surface area contributed by atoms with Crippen molar-refractivity contribution in [3.05, 3.63) is 163 Å². The number of nitrogens with one attached hydrogen (secondary N) is 4. The molecule has 364 valence electrons. The molecule has 2 aliphatic rings. The van der Waals surface area contributed by atoms with Crippen LogP contribution in [0.2, 0.25) is 15.1 Å². The average Bonchev–Trinajstić information content (AvgIpc) is 3.89. The van der Waals surface area contributed by atoms with Gasteiger partial charge in [-0.25, -0.2) is 0 Å². The van der Waals surface area contributed by atoms with E-state index in [1.54, 1.807) is 67.6 Å². The molecular weight excluding hydrogens is 973 g/mol. The van der Waals surface area contributed by atoms with Crippen LogP contribution in [0, 0.1) is 13.8 Å². The highest BCUT2D eigenvalue weighted by Crippen LogP contribution is 2.39. The molecule has 0 aromatic heterocycles. The number of halogens is 9. The predicted molar refractivity (Wildman–Crippen MR) is 252 cm³/mol. The zero-order valence-electron chi connectivity index (χ0n) is 37.4. The molecule has 7 rings (SSSR count). The van der Waals surface area contributed by atoms with Gasteiger partial charge in [-0.15, -0.1) is 0 Å². The number of alkyl halides is 6. The number of carbonyl (C=O) groups is 4. The second kappa shape index (κ2) is 21.4. The van der Waals surface area contributed by atoms with Gasteiger partial charge in [-0.2, -0.15) is 26.3 Å². The molecule has 0 saturated carbocycles. The van der Waals surface area contributed by atoms with Gasteiger partial charge in [-0.3, -0.25) is 39.8 Å². The van der Waals surface area contributed by atoms with E-state index < -0.39 is 85.7 Å². The molecule has 2 atom stereocenters. The van der Waals surface area contributed by atoms with Crippen LogP contribution >= 0.6 is 34.8 Å². The third kappa shape index (κ3) is 13.9. The second-order valence-electron chi connectivity index (χ2n) is 16.8. The summed E-state index contributed by atoms with van der Waals surface area (Å²) in [5, 5.41) is 7.77. The van der Waals surface area contributed by atoms with E-state index in [1.165, 1.54) is 0 Å². The van der Waals surface area contributed by atoms with Crippen LogP contribution in [-0.2, 0) is 30.5 Å². The lowest BCUT2D eigenvalue weighted by Crippen LogP contribution is -2.30. The molecule has 10 nitrogen and oxygen atoms in total. The Morgan fingerprint density at radius 2 is 1.07 bits per heavy atom. The fourth-order valence-corrected chi connectivity index (χ4v) is 8.33. The number of Topliss-reactive ketones (excluding diaryl/α,β-unsaturated/α-hetero) is 2. The average molecular weight is 1020 g/mol. The van der Waals surface area contributed by atoms with Crippen molar-refractivity contribution < 1.29 is 55.2 Å². The highest BCUT2D eigenvalue weighted by molar-refractivity contribution is 6.34. The standard InChI is InChI=1S/C27H24ClF3N2O3.C23H21Cl2F3N2O3/c1-16-11-17(13-18(28)12-16)26(2)14-24(33-36-26)22-7-8-23(21-6-4-3-5-20(21)22)25(35)32-15-19(34)9-10-27(29,30)31;1-13-7-14(3-4-19(13)21(32)29-12-18(31)5-6-23(26,27)28)20-11-22(2,33-30-20)15-8-16(24)10-17(25)9-15/h3-8,11-14,33H,9-10,15H2,1-2H3,(H,32,35);3-4,7-11,30H,5-6,12H2,1-2H3,(H,29,32). The summed E-state index contributed by atoms with van der Waals surface area (Å²) in [7, 11) is 0. The lowest BCUT2D eigenvalue weighted by Gasteiger charge is -2.21. The molecule has 2 amide bonds. The summed E-state index contributed by atoms with van der Waals surface area (Å²) in [4.78, 5) is 60.3. The maximum atomic E-state index is 12.8. The summed E-state index contributed by atoms with van der Waals surface area (Å²) in [6.45, 7) is 6.50. The molecule has 0 bridgehead atoms. The number of rotatable bonds is 14. The molecular formula is C50H45Cl3F6N4O6. The topological polar surface area (TPSA) is 135 Å². The van der Waals surface area contributed by atoms with Crippen LogP contribution in [0.3, 0.4) is 0 Å². The second-order valence-corrected chi connectivity index (χ2v) is 18.1. The van der Waals surface area contributed by atoms with Gasteiger partial charge in [-0.05, 0) is 127 Å². The highest BCUT2D eigenvalue weighted by atomic mass is 35.5. The molecule has 5 aromatic carbocycles. The van der Waals surface area contributed by atoms with Crippen LogP contribution < -0.4 is 21.6 Å². The number of hydrogen-bond donors (Lipinski definition) is 4. The summed E-state index contributed by atoms with van der Waals surface area (Å²) in [5.74, 6) is -2.45. The van der Waals surface area contributed by atoms with Gasteiger partial charge in [0.1, 0.15) is 11.2 Å². The van der Waals surface area contributed by atoms with E-state index in [-0.39, 0.29) is 0 Å². The minimum Gasteiger partial charge on any atom is -0.345 e. The lowest BCUT2D eigenvalue weighted by atomic mass is 9.91. The zero-order valence-corrected chi connectivity index (χ0v) is 39.7. The summed E-state index contributed by atoms with van der Waals surface area (Å²) in [6, 6.07) is 26.5. The first-order valence-corrected chi connectivity index (χ1v) is 22.4. The molecule has 19 heteroatoms. The van der Waals surface area contributed by atoms with Gasteiger partial charge in [0.25, 0.3) is 11.8 Å². The smallest absolute Gasteiger partial charge is 0.345 e. The van der Waals surface area contributed by atoms with E-state index in [4.69, 9.17) is 44.5 Å². The van der Waals surface area contributed by atoms with Crippen LogP contribution in [0.5, 0.6) is 0 Å². The molecule has 5 aromatic rings. The van der Waals surface area contributed by atoms with Crippen LogP contribution in [-0.4, -0.2) is 48.8 Å². The Kier molecular flexibility index (Phi) is 16.3. The molecule has 0 saturated heterocycles. The SMILES string of the molecule is Cc1cc(C2=CC(C)(c3cc(Cl)cc(Cl)c3)ON2)ccc1C(=O)NCC(=O)CCC(F)(F)F.Cc1cc(Cl)cc(C2(C)C=C(c3ccc(C(=O)NCC(=O)CCC(F)(F)F)c4ccccc34)NO2)c1. The Bertz CT molecular complexity index is 2830. The Hall–Kier alpha value is -5.91. The van der Waals surface area contributed by atoms with Crippen LogP contribution in [0.15, 0.2) is 103 Å². The van der Waals surface area contributed by atoms with E-state index in [1.807, 2.05) is 63.3 Å². The minimum atomic E-state index is -4.42. The number of benzene rings is 5. The zero-order chi connectivity index (χ0) is 50.5. The first-order chi connectivity index (χ1) is 32.3. The first kappa shape index (κ1) is 52.5. The molecule has 2 unspecified atom stereocenters. The van der Waals surface area contributed by atoms with Crippen molar-refractivity contribution in [1.82, 2.24) is 21.6 Å². The van der Waals surface area contributed by atoms with Gasteiger partial charge >= 0.3 is 12.4 Å². The summed E-state index contributed by atoms with van der Waals surface area (Å²) >= 11 is 18.5. The Balaban J connectivity index is 0.000000228. The highest BCUT2D eigenvalue weighted by Gasteiger charge is 2.35. The summed E-state index contributed by atoms with van der Waals surface area (Å²) < 4.78 is 73.6. The van der Waals surface area contributed by atoms with Gasteiger partial charge in [0.2, 0.25) is 0 Å². The van der Waals surface area contributed by atoms with Gasteiger partial charge < -0.3 is 10.6 Å². The maximum absolute atomic E-state index is 12.8. The monoisotopic (exact) mass is 1020 g/mol. The largest absolute Gasteiger partial charge is 0.389 e. The van der Waals surface area contributed by atoms with Crippen molar-refractivity contribution >= 4 is 80.4 Å². The van der Waals surface area contributed by atoms with Gasteiger partial charge in [0, 0.05) is 44.6 Å². The molecule has 0 aliphatic carbocycles. The molecule has 0 spiro atoms. The van der Waals surface area contributed by atoms with E-state index in [2.05, 4.69) is 21.6 Å². The van der Waals surface area contributed by atoms with Crippen molar-refractivity contribution in [1.29, 1.82) is 0 Å². The first-order valence-electron chi connectivity index (χ1n) is 21.3. The third-order valence-electron chi connectivity index (χ3n) is 11.1. The van der Waals surface area contributed by atoms with Crippen molar-refractivity contribution in [3.8, 4) is 0 Å². The number of amides is 2. The van der Waals surface area contributed by atoms with Gasteiger partial charge in [0.15, 0.2) is 11.6 Å². The van der Waals surface area contributed by atoms with Crippen molar-refractivity contribution in [2.75, 3.05) is 13.1 Å². The van der Waals surface area contributed by atoms with E-state index in [0.29, 0.717) is 48.5 Å². The van der Waals surface area contributed by atoms with E-state index in [0.717, 1.165) is 33.2 Å². The predicted octanol–water partition coefficient (Wildman–Crippen LogP) is 12.0. The van der Waals surface area contributed by atoms with Crippen LogP contribution in [0.25, 0.3) is 22.2 Å². The molecule has 4 N–H and O–H groups in total. The Morgan fingerprint density at radius 1 is 0.594 bits per heavy atom. The third-order valence-corrected chi connectivity index (χ3v) is 11.8. The van der Waals surface area contributed by atoms with E-state index >= 15 is 0 Å². The normalized spacial score (nSPS) is 17.8.